The SMILES string of the molecule is CC.CC.CC.CC.CC.CC(C)=C(C)C(=O)NCc1ccccc1.CC(C)=C(C)C(=O)NCc1ccccc1.CC(C)=C(C)C(=O)NCc1ccccc1.CC(C)=C(C)C(=O)NCc1ccccc1.CC(C)=C(C)C(=O)NCc1ccccc1.CC(C)=C(C)C(=O)NCc1ccccc1.CC(C)=C1CCCC1.CC(C)=C1CCOC1.CCNC(=O)C(C)=C(C)C.COCC(C#N)=C(C)C. The number of allylic oxidation sites excluding steroid dienone is 11. The Balaban J connectivity index is -0.000000269. The van der Waals surface area contributed by atoms with Gasteiger partial charge in [0.1, 0.15) is 0 Å². The summed E-state index contributed by atoms with van der Waals surface area (Å²) in [5.41, 5.74) is 27.7. The van der Waals surface area contributed by atoms with Crippen molar-refractivity contribution in [2.45, 2.75) is 334 Å². The van der Waals surface area contributed by atoms with Crippen LogP contribution in [0, 0.1) is 11.3 Å². The molecule has 1 heterocycles. The molecule has 2 fully saturated rings. The second-order valence-electron chi connectivity index (χ2n) is 32.5. The number of ether oxygens (including phenoxy) is 2. The lowest BCUT2D eigenvalue weighted by Crippen LogP contribution is -2.23. The van der Waals surface area contributed by atoms with E-state index in [9.17, 15) is 33.6 Å². The Morgan fingerprint density at radius 2 is 0.467 bits per heavy atom. The van der Waals surface area contributed by atoms with E-state index in [-0.39, 0.29) is 41.4 Å². The predicted molar refractivity (Wildman–Crippen MR) is 580 cm³/mol. The number of likely N-dealkylation sites (N-methyl/N-ethyl adjacent to an activating group) is 1. The van der Waals surface area contributed by atoms with Crippen LogP contribution in [0.15, 0.2) is 293 Å². The van der Waals surface area contributed by atoms with Gasteiger partial charge in [0.2, 0.25) is 41.4 Å². The number of nitrogens with one attached hydrogen (secondary N) is 7. The van der Waals surface area contributed by atoms with E-state index < -0.39 is 0 Å². The summed E-state index contributed by atoms with van der Waals surface area (Å²) in [6.45, 7) is 81.0. The van der Waals surface area contributed by atoms with Crippen LogP contribution in [0.5, 0.6) is 0 Å². The molecule has 0 spiro atoms. The summed E-state index contributed by atoms with van der Waals surface area (Å²) in [5, 5.41) is 28.5. The summed E-state index contributed by atoms with van der Waals surface area (Å²) in [4.78, 5) is 80.5. The molecule has 0 bridgehead atoms. The fraction of sp³-hybridized carbons (Fsp3) is 0.458. The zero-order chi connectivity index (χ0) is 105. The van der Waals surface area contributed by atoms with Crippen LogP contribution in [0.25, 0.3) is 0 Å². The molecule has 0 unspecified atom stereocenters. The maximum Gasteiger partial charge on any atom is 0.247 e. The summed E-state index contributed by atoms with van der Waals surface area (Å²) in [5.74, 6) is 0.121. The number of nitrogens with zero attached hydrogens (tertiary/aromatic N) is 1. The minimum absolute atomic E-state index is 0.0128. The van der Waals surface area contributed by atoms with Gasteiger partial charge in [-0.2, -0.15) is 5.26 Å². The molecule has 1 aliphatic heterocycles. The van der Waals surface area contributed by atoms with E-state index in [4.69, 9.17) is 14.7 Å². The van der Waals surface area contributed by atoms with Crippen molar-refractivity contribution >= 4 is 41.4 Å². The zero-order valence-electron chi connectivity index (χ0n) is 91.5. The van der Waals surface area contributed by atoms with Crippen LogP contribution >= 0.6 is 0 Å². The second-order valence-corrected chi connectivity index (χ2v) is 32.5. The Bertz CT molecular complexity index is 3960. The third-order valence-electron chi connectivity index (χ3n) is 20.2. The molecule has 8 rings (SSSR count). The molecule has 750 valence electrons. The van der Waals surface area contributed by atoms with Gasteiger partial charge < -0.3 is 46.7 Å². The maximum absolute atomic E-state index is 11.6. The summed E-state index contributed by atoms with van der Waals surface area (Å²) in [6.07, 6.45) is 6.77. The van der Waals surface area contributed by atoms with Crippen LogP contribution in [-0.4, -0.2) is 74.8 Å². The fourth-order valence-electron chi connectivity index (χ4n) is 9.94. The summed E-state index contributed by atoms with van der Waals surface area (Å²) < 4.78 is 9.94. The van der Waals surface area contributed by atoms with Crippen molar-refractivity contribution in [1.82, 2.24) is 37.2 Å². The molecule has 7 amide bonds. The highest BCUT2D eigenvalue weighted by molar-refractivity contribution is 5.96. The zero-order valence-corrected chi connectivity index (χ0v) is 91.5. The van der Waals surface area contributed by atoms with Crippen LogP contribution in [0.2, 0.25) is 0 Å². The van der Waals surface area contributed by atoms with E-state index in [2.05, 4.69) is 71.0 Å². The molecule has 1 saturated heterocycles. The van der Waals surface area contributed by atoms with Gasteiger partial charge in [-0.3, -0.25) is 33.6 Å². The number of hydrogen-bond donors (Lipinski definition) is 7. The first-order valence-electron chi connectivity index (χ1n) is 48.2. The van der Waals surface area contributed by atoms with Crippen molar-refractivity contribution in [3.05, 3.63) is 327 Å². The Kier molecular flexibility index (Phi) is 89.9. The summed E-state index contributed by atoms with van der Waals surface area (Å²) in [6, 6.07) is 61.4. The molecule has 1 aliphatic carbocycles. The molecule has 1 saturated carbocycles. The molecule has 6 aromatic carbocycles. The van der Waals surface area contributed by atoms with Gasteiger partial charge in [0.05, 0.1) is 31.5 Å². The number of carbonyl (C=O) groups is 7. The van der Waals surface area contributed by atoms with Gasteiger partial charge in [-0.15, -0.1) is 0 Å². The van der Waals surface area contributed by atoms with Crippen molar-refractivity contribution in [1.29, 1.82) is 5.26 Å². The van der Waals surface area contributed by atoms with Crippen molar-refractivity contribution in [3.63, 3.8) is 0 Å². The average Bonchev–Trinajstić information content (AvgIpc) is 1.74. The van der Waals surface area contributed by atoms with Gasteiger partial charge >= 0.3 is 0 Å². The number of nitriles is 1. The lowest BCUT2D eigenvalue weighted by Gasteiger charge is -2.06. The largest absolute Gasteiger partial charge is 0.379 e. The normalized spacial score (nSPS) is 10.1. The Morgan fingerprint density at radius 1 is 0.281 bits per heavy atom. The molecule has 2 aliphatic rings. The van der Waals surface area contributed by atoms with Gasteiger partial charge in [-0.1, -0.05) is 313 Å². The average molecular weight is 1860 g/mol. The lowest BCUT2D eigenvalue weighted by atomic mass is 10.1. The Morgan fingerprint density at radius 3 is 0.578 bits per heavy atom. The molecule has 17 nitrogen and oxygen atoms in total. The third kappa shape index (κ3) is 72.6. The number of methoxy groups -OCH3 is 1. The maximum atomic E-state index is 11.6. The van der Waals surface area contributed by atoms with Crippen LogP contribution < -0.4 is 37.2 Å². The first-order valence-corrected chi connectivity index (χ1v) is 48.2. The second kappa shape index (κ2) is 89.0. The molecular formula is C118H184N8O9. The molecular weight excluding hydrogens is 1670 g/mol. The lowest BCUT2D eigenvalue weighted by molar-refractivity contribution is -0.118. The van der Waals surface area contributed by atoms with E-state index >= 15 is 0 Å². The number of amides is 7. The topological polar surface area (TPSA) is 246 Å². The van der Waals surface area contributed by atoms with Crippen LogP contribution in [-0.2, 0) is 82.3 Å². The van der Waals surface area contributed by atoms with Gasteiger partial charge in [0, 0.05) is 91.9 Å². The number of carbonyl (C=O) groups excluding carboxylic acids is 7. The highest BCUT2D eigenvalue weighted by atomic mass is 16.5. The number of rotatable bonds is 22. The third-order valence-corrected chi connectivity index (χ3v) is 20.2. The Hall–Kier alpha value is -11.6. The van der Waals surface area contributed by atoms with Crippen LogP contribution in [0.3, 0.4) is 0 Å². The molecule has 6 aromatic rings. The van der Waals surface area contributed by atoms with Gasteiger partial charge in [-0.25, -0.2) is 0 Å². The summed E-state index contributed by atoms with van der Waals surface area (Å²) >= 11 is 0. The molecule has 7 N–H and O–H groups in total. The van der Waals surface area contributed by atoms with E-state index in [1.165, 1.54) is 36.8 Å². The van der Waals surface area contributed by atoms with Gasteiger partial charge in [-0.05, 0) is 265 Å². The molecule has 17 heteroatoms. The minimum atomic E-state index is 0.0128. The highest BCUT2D eigenvalue weighted by Crippen LogP contribution is 2.26. The smallest absolute Gasteiger partial charge is 0.247 e. The fourth-order valence-corrected chi connectivity index (χ4v) is 9.94. The standard InChI is InChI=1S/6C13H17NO.C8H15NO.C8H14.C7H11NO.C7H12O.5C2H6/c6*1-10(2)11(3)13(15)14-9-12-7-5-4-6-8-12;1-5-9-8(10)7(4)6(2)3;1-7(2)8-5-3-4-6-8;1-6(2)7(4-8)5-9-3;1-6(2)7-3-4-8-5-7;5*1-2/h6*4-8H,9H2,1-3H3,(H,14,15);5H2,1-4H3,(H,9,10);3-6H2,1-2H3;5H2,1-3H3;3-5H2,1-2H3;5*1-2H3. The monoisotopic (exact) mass is 1860 g/mol. The van der Waals surface area contributed by atoms with Crippen molar-refractivity contribution in [2.24, 2.45) is 0 Å². The molecule has 0 aromatic heterocycles. The van der Waals surface area contributed by atoms with Crippen molar-refractivity contribution in [3.8, 4) is 6.07 Å². The van der Waals surface area contributed by atoms with Gasteiger partial charge in [0.25, 0.3) is 0 Å². The first-order chi connectivity index (χ1) is 64.1. The van der Waals surface area contributed by atoms with Crippen LogP contribution in [0.1, 0.15) is 329 Å². The van der Waals surface area contributed by atoms with E-state index in [0.29, 0.717) is 52.4 Å². The van der Waals surface area contributed by atoms with Crippen molar-refractivity contribution < 1.29 is 43.0 Å². The van der Waals surface area contributed by atoms with E-state index in [1.807, 2.05) is 417 Å². The van der Waals surface area contributed by atoms with Gasteiger partial charge in [0.15, 0.2) is 0 Å². The first kappa shape index (κ1) is 136. The van der Waals surface area contributed by atoms with E-state index in [1.54, 1.807) is 18.3 Å². The quantitative estimate of drug-likeness (QED) is 0.0192. The predicted octanol–water partition coefficient (Wildman–Crippen LogP) is 28.7. The molecule has 135 heavy (non-hydrogen) atoms. The number of benzene rings is 6. The molecule has 0 radical (unpaired) electrons. The summed E-state index contributed by atoms with van der Waals surface area (Å²) in [7, 11) is 1.58. The molecule has 0 atom stereocenters. The van der Waals surface area contributed by atoms with E-state index in [0.717, 1.165) is 142 Å². The highest BCUT2D eigenvalue weighted by Gasteiger charge is 2.12. The van der Waals surface area contributed by atoms with Crippen molar-refractivity contribution in [2.75, 3.05) is 33.5 Å². The minimum Gasteiger partial charge on any atom is -0.379 e. The Labute approximate surface area is 822 Å². The number of hydrogen-bond acceptors (Lipinski definition) is 10. The van der Waals surface area contributed by atoms with Crippen LogP contribution in [0.4, 0.5) is 0 Å².